The van der Waals surface area contributed by atoms with Crippen LogP contribution in [0.5, 0.6) is 5.75 Å². The summed E-state index contributed by atoms with van der Waals surface area (Å²) < 4.78 is 1.04. The number of halogens is 1. The number of hydrogen-bond acceptors (Lipinski definition) is 2. The first-order chi connectivity index (χ1) is 7.87. The van der Waals surface area contributed by atoms with E-state index in [1.807, 2.05) is 38.1 Å². The predicted molar refractivity (Wildman–Crippen MR) is 75.3 cm³/mol. The Morgan fingerprint density at radius 2 is 1.94 bits per heavy atom. The van der Waals surface area contributed by atoms with Crippen molar-refractivity contribution in [2.75, 3.05) is 0 Å². The molecule has 2 aromatic carbocycles. The van der Waals surface area contributed by atoms with Crippen LogP contribution in [0.2, 0.25) is 0 Å². The highest BCUT2D eigenvalue weighted by molar-refractivity contribution is 9.10. The minimum absolute atomic E-state index is 0.318. The molecule has 0 saturated heterocycles. The van der Waals surface area contributed by atoms with E-state index in [0.29, 0.717) is 12.2 Å². The van der Waals surface area contributed by atoms with Crippen LogP contribution in [0.3, 0.4) is 0 Å². The molecule has 2 nitrogen and oxygen atoms in total. The fourth-order valence-corrected chi connectivity index (χ4v) is 2.37. The van der Waals surface area contributed by atoms with Crippen LogP contribution in [0.1, 0.15) is 19.4 Å². The lowest BCUT2D eigenvalue weighted by molar-refractivity contribution is 0.452. The van der Waals surface area contributed by atoms with E-state index in [9.17, 15) is 5.11 Å². The summed E-state index contributed by atoms with van der Waals surface area (Å²) in [7, 11) is 0. The van der Waals surface area contributed by atoms with Crippen LogP contribution >= 0.6 is 15.9 Å². The van der Waals surface area contributed by atoms with Crippen LogP contribution in [-0.4, -0.2) is 10.6 Å². The number of fused-ring (bicyclic) bond motifs is 1. The van der Waals surface area contributed by atoms with Crippen molar-refractivity contribution in [1.29, 1.82) is 0 Å². The van der Waals surface area contributed by atoms with Gasteiger partial charge in [0.25, 0.3) is 0 Å². The summed E-state index contributed by atoms with van der Waals surface area (Å²) in [4.78, 5) is 0. The van der Waals surface area contributed by atoms with Crippen LogP contribution in [-0.2, 0) is 6.42 Å². The smallest absolute Gasteiger partial charge is 0.119 e. The first-order valence-electron chi connectivity index (χ1n) is 5.56. The van der Waals surface area contributed by atoms with Gasteiger partial charge in [-0.05, 0) is 49.2 Å². The Balaban J connectivity index is 2.64. The number of phenolic OH excluding ortho intramolecular Hbond substituents is 1. The number of benzene rings is 2. The van der Waals surface area contributed by atoms with Crippen LogP contribution in [0, 0.1) is 0 Å². The van der Waals surface area contributed by atoms with Crippen molar-refractivity contribution in [3.05, 3.63) is 40.4 Å². The van der Waals surface area contributed by atoms with Crippen LogP contribution < -0.4 is 5.73 Å². The molecular formula is C14H16BrNO. The van der Waals surface area contributed by atoms with Crippen molar-refractivity contribution < 1.29 is 5.11 Å². The lowest BCUT2D eigenvalue weighted by atomic mass is 9.92. The molecule has 2 aromatic rings. The van der Waals surface area contributed by atoms with E-state index in [1.165, 1.54) is 0 Å². The Morgan fingerprint density at radius 3 is 2.59 bits per heavy atom. The standard InChI is InChI=1S/C14H16BrNO/c1-14(2,16)8-12-11-5-4-10(15)7-9(11)3-6-13(12)17/h3-7,17H,8,16H2,1-2H3. The van der Waals surface area contributed by atoms with Gasteiger partial charge in [0, 0.05) is 15.6 Å². The summed E-state index contributed by atoms with van der Waals surface area (Å²) in [5.74, 6) is 0.318. The Labute approximate surface area is 110 Å². The number of phenols is 1. The highest BCUT2D eigenvalue weighted by atomic mass is 79.9. The van der Waals surface area contributed by atoms with Gasteiger partial charge in [-0.2, -0.15) is 0 Å². The molecule has 0 unspecified atom stereocenters. The number of nitrogens with two attached hydrogens (primary N) is 1. The van der Waals surface area contributed by atoms with E-state index >= 15 is 0 Å². The molecule has 0 aliphatic heterocycles. The third kappa shape index (κ3) is 2.79. The van der Waals surface area contributed by atoms with Gasteiger partial charge in [0.1, 0.15) is 5.75 Å². The van der Waals surface area contributed by atoms with Crippen molar-refractivity contribution in [3.8, 4) is 5.75 Å². The lowest BCUT2D eigenvalue weighted by Crippen LogP contribution is -2.34. The van der Waals surface area contributed by atoms with Crippen molar-refractivity contribution >= 4 is 26.7 Å². The zero-order chi connectivity index (χ0) is 12.6. The largest absolute Gasteiger partial charge is 0.508 e. The van der Waals surface area contributed by atoms with Crippen molar-refractivity contribution in [2.24, 2.45) is 5.73 Å². The Bertz CT molecular complexity index is 558. The van der Waals surface area contributed by atoms with Crippen LogP contribution in [0.15, 0.2) is 34.8 Å². The summed E-state index contributed by atoms with van der Waals surface area (Å²) in [6.07, 6.45) is 0.651. The van der Waals surface area contributed by atoms with Crippen molar-refractivity contribution in [2.45, 2.75) is 25.8 Å². The molecule has 17 heavy (non-hydrogen) atoms. The fraction of sp³-hybridized carbons (Fsp3) is 0.286. The summed E-state index contributed by atoms with van der Waals surface area (Å²) >= 11 is 3.45. The molecule has 2 rings (SSSR count). The zero-order valence-corrected chi connectivity index (χ0v) is 11.6. The summed E-state index contributed by atoms with van der Waals surface area (Å²) in [6.45, 7) is 3.92. The third-order valence-corrected chi connectivity index (χ3v) is 3.19. The van der Waals surface area contributed by atoms with Crippen molar-refractivity contribution in [3.63, 3.8) is 0 Å². The normalized spacial score (nSPS) is 12.0. The Morgan fingerprint density at radius 1 is 1.24 bits per heavy atom. The van der Waals surface area contributed by atoms with Gasteiger partial charge in [0.15, 0.2) is 0 Å². The number of aromatic hydroxyl groups is 1. The second-order valence-corrected chi connectivity index (χ2v) is 6.01. The van der Waals surface area contributed by atoms with E-state index in [-0.39, 0.29) is 5.54 Å². The highest BCUT2D eigenvalue weighted by Gasteiger charge is 2.16. The Hall–Kier alpha value is -1.06. The lowest BCUT2D eigenvalue weighted by Gasteiger charge is -2.20. The van der Waals surface area contributed by atoms with E-state index in [4.69, 9.17) is 5.73 Å². The monoisotopic (exact) mass is 293 g/mol. The molecule has 0 radical (unpaired) electrons. The van der Waals surface area contributed by atoms with E-state index in [0.717, 1.165) is 20.8 Å². The second kappa shape index (κ2) is 4.31. The predicted octanol–water partition coefficient (Wildman–Crippen LogP) is 3.59. The third-order valence-electron chi connectivity index (χ3n) is 2.70. The maximum Gasteiger partial charge on any atom is 0.119 e. The minimum Gasteiger partial charge on any atom is -0.508 e. The molecule has 0 aromatic heterocycles. The van der Waals surface area contributed by atoms with Gasteiger partial charge < -0.3 is 10.8 Å². The van der Waals surface area contributed by atoms with Gasteiger partial charge in [0.05, 0.1) is 0 Å². The highest BCUT2D eigenvalue weighted by Crippen LogP contribution is 2.31. The topological polar surface area (TPSA) is 46.2 Å². The van der Waals surface area contributed by atoms with E-state index in [2.05, 4.69) is 15.9 Å². The quantitative estimate of drug-likeness (QED) is 0.889. The van der Waals surface area contributed by atoms with E-state index < -0.39 is 0 Å². The molecule has 0 heterocycles. The zero-order valence-electron chi connectivity index (χ0n) is 10.00. The molecular weight excluding hydrogens is 278 g/mol. The first kappa shape index (κ1) is 12.4. The SMILES string of the molecule is CC(C)(N)Cc1c(O)ccc2cc(Br)ccc12. The molecule has 0 aliphatic rings. The molecule has 0 bridgehead atoms. The van der Waals surface area contributed by atoms with Crippen LogP contribution in [0.4, 0.5) is 0 Å². The van der Waals surface area contributed by atoms with Gasteiger partial charge in [-0.3, -0.25) is 0 Å². The molecule has 0 atom stereocenters. The van der Waals surface area contributed by atoms with Gasteiger partial charge in [-0.1, -0.05) is 28.1 Å². The maximum atomic E-state index is 9.97. The molecule has 0 amide bonds. The average Bonchev–Trinajstić information content (AvgIpc) is 2.21. The second-order valence-electron chi connectivity index (χ2n) is 5.09. The fourth-order valence-electron chi connectivity index (χ4n) is 1.99. The molecule has 0 fully saturated rings. The molecule has 0 aliphatic carbocycles. The summed E-state index contributed by atoms with van der Waals surface area (Å²) in [5, 5.41) is 12.1. The van der Waals surface area contributed by atoms with Crippen LogP contribution in [0.25, 0.3) is 10.8 Å². The van der Waals surface area contributed by atoms with Gasteiger partial charge in [-0.15, -0.1) is 0 Å². The van der Waals surface area contributed by atoms with Gasteiger partial charge in [-0.25, -0.2) is 0 Å². The molecule has 0 spiro atoms. The van der Waals surface area contributed by atoms with Crippen molar-refractivity contribution in [1.82, 2.24) is 0 Å². The van der Waals surface area contributed by atoms with E-state index in [1.54, 1.807) is 6.07 Å². The molecule has 0 saturated carbocycles. The maximum absolute atomic E-state index is 9.97. The Kier molecular flexibility index (Phi) is 3.15. The minimum atomic E-state index is -0.334. The average molecular weight is 294 g/mol. The molecule has 3 heteroatoms. The summed E-state index contributed by atoms with van der Waals surface area (Å²) in [5.41, 5.74) is 6.62. The summed E-state index contributed by atoms with van der Waals surface area (Å²) in [6, 6.07) is 9.69. The number of rotatable bonds is 2. The van der Waals surface area contributed by atoms with Gasteiger partial charge >= 0.3 is 0 Å². The van der Waals surface area contributed by atoms with Gasteiger partial charge in [0.2, 0.25) is 0 Å². The molecule has 3 N–H and O–H groups in total. The number of hydrogen-bond donors (Lipinski definition) is 2. The molecule has 90 valence electrons. The first-order valence-corrected chi connectivity index (χ1v) is 6.35.